The fraction of sp³-hybridized carbons (Fsp3) is 0.0909. The molecule has 2 aliphatic heterocycles. The van der Waals surface area contributed by atoms with Gasteiger partial charge in [0.1, 0.15) is 0 Å². The van der Waals surface area contributed by atoms with Crippen LogP contribution in [0, 0.1) is 0 Å². The van der Waals surface area contributed by atoms with Crippen molar-refractivity contribution < 1.29 is 4.79 Å². The number of hydrogen-bond acceptors (Lipinski definition) is 3. The molecule has 0 saturated heterocycles. The van der Waals surface area contributed by atoms with Crippen LogP contribution in [0.4, 0.5) is 5.69 Å². The highest BCUT2D eigenvalue weighted by molar-refractivity contribution is 6.20. The zero-order valence-electron chi connectivity index (χ0n) is 13.6. The molecule has 0 N–H and O–H groups in total. The fourth-order valence-corrected chi connectivity index (χ4v) is 3.93. The minimum absolute atomic E-state index is 0.129. The number of Topliss-reactive ketones (excluding diaryl/α,β-unsaturated/α-hetero) is 1. The van der Waals surface area contributed by atoms with Gasteiger partial charge in [-0.25, -0.2) is 5.01 Å². The maximum Gasteiger partial charge on any atom is 0.197 e. The smallest absolute Gasteiger partial charge is 0.197 e. The number of ketones is 1. The molecule has 0 saturated carbocycles. The number of anilines is 1. The zero-order valence-corrected chi connectivity index (χ0v) is 13.6. The second-order valence-electron chi connectivity index (χ2n) is 6.47. The molecule has 25 heavy (non-hydrogen) atoms. The van der Waals surface area contributed by atoms with Crippen LogP contribution in [0.5, 0.6) is 0 Å². The number of fused-ring (bicyclic) bond motifs is 3. The monoisotopic (exact) mass is 324 g/mol. The van der Waals surface area contributed by atoms with E-state index in [1.807, 2.05) is 77.8 Å². The van der Waals surface area contributed by atoms with Gasteiger partial charge in [-0.1, -0.05) is 72.8 Å². The number of para-hydroxylation sites is 1. The highest BCUT2D eigenvalue weighted by atomic mass is 16.1. The van der Waals surface area contributed by atoms with Gasteiger partial charge < -0.3 is 0 Å². The first-order chi connectivity index (χ1) is 12.3. The van der Waals surface area contributed by atoms with Crippen LogP contribution in [0.25, 0.3) is 0 Å². The van der Waals surface area contributed by atoms with E-state index in [0.717, 1.165) is 28.1 Å². The summed E-state index contributed by atoms with van der Waals surface area (Å²) in [6.07, 6.45) is 0.578. The molecule has 0 fully saturated rings. The summed E-state index contributed by atoms with van der Waals surface area (Å²) in [6, 6.07) is 27.9. The van der Waals surface area contributed by atoms with Crippen LogP contribution >= 0.6 is 0 Å². The first-order valence-electron chi connectivity index (χ1n) is 8.43. The summed E-state index contributed by atoms with van der Waals surface area (Å²) in [7, 11) is 0. The summed E-state index contributed by atoms with van der Waals surface area (Å²) >= 11 is 0. The molecular weight excluding hydrogens is 308 g/mol. The van der Waals surface area contributed by atoms with Crippen LogP contribution in [0.1, 0.15) is 27.9 Å². The topological polar surface area (TPSA) is 32.7 Å². The number of hydrazone groups is 1. The predicted octanol–water partition coefficient (Wildman–Crippen LogP) is 4.39. The maximum absolute atomic E-state index is 13.5. The van der Waals surface area contributed by atoms with Crippen LogP contribution < -0.4 is 5.01 Å². The van der Waals surface area contributed by atoms with E-state index < -0.39 is 5.54 Å². The molecule has 1 unspecified atom stereocenters. The van der Waals surface area contributed by atoms with Crippen molar-refractivity contribution in [3.63, 3.8) is 0 Å². The minimum Gasteiger partial charge on any atom is -0.291 e. The standard InChI is InChI=1S/C22H16N2O/c25-21-18-13-7-8-14-20(18)24-22(21,17-11-5-2-6-12-17)15-19(23-24)16-9-3-1-4-10-16/h1-14H,15H2. The molecule has 0 amide bonds. The molecule has 5 rings (SSSR count). The largest absolute Gasteiger partial charge is 0.291 e. The average Bonchev–Trinajstić information content (AvgIpc) is 3.19. The van der Waals surface area contributed by atoms with Crippen LogP contribution in [0.15, 0.2) is 90.0 Å². The van der Waals surface area contributed by atoms with Crippen LogP contribution in [-0.4, -0.2) is 11.5 Å². The Morgan fingerprint density at radius 3 is 2.20 bits per heavy atom. The van der Waals surface area contributed by atoms with E-state index in [1.165, 1.54) is 0 Å². The molecule has 3 nitrogen and oxygen atoms in total. The molecule has 2 aliphatic rings. The van der Waals surface area contributed by atoms with Crippen molar-refractivity contribution in [1.29, 1.82) is 0 Å². The van der Waals surface area contributed by atoms with Gasteiger partial charge in [0.25, 0.3) is 0 Å². The van der Waals surface area contributed by atoms with E-state index in [4.69, 9.17) is 5.10 Å². The van der Waals surface area contributed by atoms with Gasteiger partial charge in [0.05, 0.1) is 11.4 Å². The van der Waals surface area contributed by atoms with Gasteiger partial charge in [-0.3, -0.25) is 4.79 Å². The molecule has 0 bridgehead atoms. The second kappa shape index (κ2) is 5.15. The Balaban J connectivity index is 1.73. The van der Waals surface area contributed by atoms with E-state index in [-0.39, 0.29) is 5.78 Å². The third-order valence-corrected chi connectivity index (χ3v) is 5.12. The SMILES string of the molecule is O=C1c2ccccc2N2N=C(c3ccccc3)CC12c1ccccc1. The molecule has 3 heteroatoms. The van der Waals surface area contributed by atoms with E-state index in [1.54, 1.807) is 0 Å². The summed E-state index contributed by atoms with van der Waals surface area (Å²) in [4.78, 5) is 13.5. The number of carbonyl (C=O) groups excluding carboxylic acids is 1. The quantitative estimate of drug-likeness (QED) is 0.700. The van der Waals surface area contributed by atoms with Crippen LogP contribution in [0.2, 0.25) is 0 Å². The molecule has 0 radical (unpaired) electrons. The molecule has 3 aromatic carbocycles. The van der Waals surface area contributed by atoms with Gasteiger partial charge in [0.2, 0.25) is 0 Å². The third-order valence-electron chi connectivity index (χ3n) is 5.12. The Morgan fingerprint density at radius 1 is 0.800 bits per heavy atom. The lowest BCUT2D eigenvalue weighted by molar-refractivity contribution is 0.0908. The molecule has 1 atom stereocenters. The van der Waals surface area contributed by atoms with Crippen LogP contribution in [-0.2, 0) is 5.54 Å². The minimum atomic E-state index is -0.768. The van der Waals surface area contributed by atoms with Crippen LogP contribution in [0.3, 0.4) is 0 Å². The maximum atomic E-state index is 13.5. The molecule has 0 aliphatic carbocycles. The third kappa shape index (κ3) is 1.86. The average molecular weight is 324 g/mol. The molecule has 0 spiro atoms. The lowest BCUT2D eigenvalue weighted by Gasteiger charge is -2.30. The Hall–Kier alpha value is -3.20. The lowest BCUT2D eigenvalue weighted by atomic mass is 9.81. The van der Waals surface area contributed by atoms with Gasteiger partial charge >= 0.3 is 0 Å². The zero-order chi connectivity index (χ0) is 16.9. The number of hydrogen-bond donors (Lipinski definition) is 0. The normalized spacial score (nSPS) is 21.0. The van der Waals surface area contributed by atoms with E-state index in [2.05, 4.69) is 12.1 Å². The number of benzene rings is 3. The summed E-state index contributed by atoms with van der Waals surface area (Å²) in [5.41, 5.74) is 3.89. The Morgan fingerprint density at radius 2 is 1.44 bits per heavy atom. The van der Waals surface area contributed by atoms with Crippen molar-refractivity contribution in [1.82, 2.24) is 0 Å². The first kappa shape index (κ1) is 14.2. The van der Waals surface area contributed by atoms with Crippen molar-refractivity contribution in [3.8, 4) is 0 Å². The second-order valence-corrected chi connectivity index (χ2v) is 6.47. The predicted molar refractivity (Wildman–Crippen MR) is 99.0 cm³/mol. The number of nitrogens with zero attached hydrogens (tertiary/aromatic N) is 2. The fourth-order valence-electron chi connectivity index (χ4n) is 3.93. The Bertz CT molecular complexity index is 995. The van der Waals surface area contributed by atoms with E-state index in [9.17, 15) is 4.79 Å². The highest BCUT2D eigenvalue weighted by Crippen LogP contribution is 2.50. The van der Waals surface area contributed by atoms with Gasteiger partial charge in [-0.2, -0.15) is 5.10 Å². The van der Waals surface area contributed by atoms with Crippen molar-refractivity contribution in [2.45, 2.75) is 12.0 Å². The number of rotatable bonds is 2. The van der Waals surface area contributed by atoms with Crippen molar-refractivity contribution >= 4 is 17.2 Å². The summed E-state index contributed by atoms with van der Waals surface area (Å²) in [5, 5.41) is 6.82. The van der Waals surface area contributed by atoms with Gasteiger partial charge in [0.15, 0.2) is 11.3 Å². The molecule has 2 heterocycles. The first-order valence-corrected chi connectivity index (χ1v) is 8.43. The molecule has 0 aromatic heterocycles. The number of carbonyl (C=O) groups is 1. The summed E-state index contributed by atoms with van der Waals surface area (Å²) in [6.45, 7) is 0. The molecular formula is C22H16N2O. The van der Waals surface area contributed by atoms with Gasteiger partial charge in [-0.15, -0.1) is 0 Å². The van der Waals surface area contributed by atoms with Crippen molar-refractivity contribution in [2.75, 3.05) is 5.01 Å². The lowest BCUT2D eigenvalue weighted by Crippen LogP contribution is -2.42. The molecule has 120 valence electrons. The summed E-state index contributed by atoms with van der Waals surface area (Å²) < 4.78 is 0. The Kier molecular flexibility index (Phi) is 2.92. The highest BCUT2D eigenvalue weighted by Gasteiger charge is 2.56. The van der Waals surface area contributed by atoms with Gasteiger partial charge in [0, 0.05) is 12.0 Å². The van der Waals surface area contributed by atoms with E-state index >= 15 is 0 Å². The van der Waals surface area contributed by atoms with E-state index in [0.29, 0.717) is 6.42 Å². The van der Waals surface area contributed by atoms with Gasteiger partial charge in [-0.05, 0) is 23.3 Å². The Labute approximate surface area is 146 Å². The van der Waals surface area contributed by atoms with Crippen molar-refractivity contribution in [3.05, 3.63) is 102 Å². The summed E-state index contributed by atoms with van der Waals surface area (Å²) in [5.74, 6) is 0.129. The molecule has 3 aromatic rings. The van der Waals surface area contributed by atoms with Crippen molar-refractivity contribution in [2.24, 2.45) is 5.10 Å².